The molecule has 0 aromatic heterocycles. The lowest BCUT2D eigenvalue weighted by molar-refractivity contribution is -0.110. The van der Waals surface area contributed by atoms with Gasteiger partial charge in [-0.1, -0.05) is 12.1 Å². The van der Waals surface area contributed by atoms with Crippen LogP contribution in [0.2, 0.25) is 0 Å². The smallest absolute Gasteiger partial charge is 0.141 e. The van der Waals surface area contributed by atoms with Gasteiger partial charge in [0, 0.05) is 5.54 Å². The van der Waals surface area contributed by atoms with E-state index in [1.807, 2.05) is 20.8 Å². The molecule has 4 heteroatoms. The lowest BCUT2D eigenvalue weighted by Gasteiger charge is -2.25. The summed E-state index contributed by atoms with van der Waals surface area (Å²) in [6, 6.07) is 6.32. The van der Waals surface area contributed by atoms with Crippen LogP contribution in [0.3, 0.4) is 0 Å². The highest BCUT2D eigenvalue weighted by Crippen LogP contribution is 2.17. The molecule has 0 radical (unpaired) electrons. The Bertz CT molecular complexity index is 330. The summed E-state index contributed by atoms with van der Waals surface area (Å²) >= 11 is 0. The van der Waals surface area contributed by atoms with Crippen molar-refractivity contribution in [2.24, 2.45) is 0 Å². The summed E-state index contributed by atoms with van der Waals surface area (Å²) in [4.78, 5) is 10.9. The maximum absolute atomic E-state index is 10.9. The van der Waals surface area contributed by atoms with E-state index in [0.717, 1.165) is 11.8 Å². The molecule has 90 valence electrons. The summed E-state index contributed by atoms with van der Waals surface area (Å²) in [6.45, 7) is 6.01. The second-order valence-electron chi connectivity index (χ2n) is 4.60. The van der Waals surface area contributed by atoms with Crippen LogP contribution >= 0.6 is 12.4 Å². The van der Waals surface area contributed by atoms with Crippen LogP contribution in [0.4, 0.5) is 0 Å². The van der Waals surface area contributed by atoms with Gasteiger partial charge in [-0.05, 0) is 38.5 Å². The van der Waals surface area contributed by atoms with Gasteiger partial charge < -0.3 is 9.90 Å². The summed E-state index contributed by atoms with van der Waals surface area (Å²) in [6.07, 6.45) is 0.873. The normalized spacial score (nSPS) is 12.7. The first kappa shape index (κ1) is 14.9. The van der Waals surface area contributed by atoms with Gasteiger partial charge in [0.25, 0.3) is 0 Å². The van der Waals surface area contributed by atoms with Crippen LogP contribution in [-0.2, 0) is 4.79 Å². The summed E-state index contributed by atoms with van der Waals surface area (Å²) in [5.74, 6) is 0.208. The first-order chi connectivity index (χ1) is 6.92. The van der Waals surface area contributed by atoms with Crippen molar-refractivity contribution in [3.05, 3.63) is 29.8 Å². The van der Waals surface area contributed by atoms with E-state index in [-0.39, 0.29) is 29.7 Å². The van der Waals surface area contributed by atoms with E-state index < -0.39 is 0 Å². The highest BCUT2D eigenvalue weighted by Gasteiger charge is 2.17. The summed E-state index contributed by atoms with van der Waals surface area (Å²) in [5.41, 5.74) is 0.737. The maximum Gasteiger partial charge on any atom is 0.141 e. The number of rotatable bonds is 3. The molecule has 0 spiro atoms. The van der Waals surface area contributed by atoms with Gasteiger partial charge in [0.15, 0.2) is 0 Å². The molecule has 0 heterocycles. The topological polar surface area (TPSA) is 49.3 Å². The molecule has 0 fully saturated rings. The van der Waals surface area contributed by atoms with Gasteiger partial charge in [-0.15, -0.1) is 12.4 Å². The molecule has 0 aliphatic rings. The van der Waals surface area contributed by atoms with E-state index in [2.05, 4.69) is 5.32 Å². The van der Waals surface area contributed by atoms with E-state index in [4.69, 9.17) is 5.11 Å². The van der Waals surface area contributed by atoms with Crippen LogP contribution in [0, 0.1) is 0 Å². The molecule has 0 bridgehead atoms. The van der Waals surface area contributed by atoms with Gasteiger partial charge >= 0.3 is 0 Å². The minimum absolute atomic E-state index is 0. The fraction of sp³-hybridized carbons (Fsp3) is 0.417. The Hall–Kier alpha value is -1.06. The number of benzene rings is 1. The minimum atomic E-state index is -0.328. The Labute approximate surface area is 102 Å². The summed E-state index contributed by atoms with van der Waals surface area (Å²) in [5, 5.41) is 12.3. The van der Waals surface area contributed by atoms with Crippen molar-refractivity contribution in [3.63, 3.8) is 0 Å². The van der Waals surface area contributed by atoms with Crippen LogP contribution in [0.25, 0.3) is 0 Å². The van der Waals surface area contributed by atoms with Gasteiger partial charge in [-0.3, -0.25) is 5.32 Å². The molecule has 1 aromatic rings. The molecule has 1 unspecified atom stereocenters. The van der Waals surface area contributed by atoms with Crippen LogP contribution in [0.5, 0.6) is 5.75 Å². The third-order valence-corrected chi connectivity index (χ3v) is 1.98. The van der Waals surface area contributed by atoms with E-state index in [9.17, 15) is 4.79 Å². The predicted octanol–water partition coefficient (Wildman–Crippen LogP) is 2.44. The number of aromatic hydroxyl groups is 1. The Morgan fingerprint density at radius 2 is 1.75 bits per heavy atom. The Morgan fingerprint density at radius 3 is 2.12 bits per heavy atom. The zero-order valence-corrected chi connectivity index (χ0v) is 10.5. The molecule has 0 saturated carbocycles. The standard InChI is InChI=1S/C12H17NO2.ClH/c1-12(2,3)13-11(8-14)9-4-6-10(15)7-5-9;/h4-8,11,13,15H,1-3H3;1H. The first-order valence-electron chi connectivity index (χ1n) is 4.94. The average molecular weight is 244 g/mol. The number of phenols is 1. The maximum atomic E-state index is 10.9. The fourth-order valence-corrected chi connectivity index (χ4v) is 1.34. The molecule has 3 nitrogen and oxygen atoms in total. The van der Waals surface area contributed by atoms with Crippen LogP contribution in [-0.4, -0.2) is 16.9 Å². The minimum Gasteiger partial charge on any atom is -0.508 e. The highest BCUT2D eigenvalue weighted by atomic mass is 35.5. The third-order valence-electron chi connectivity index (χ3n) is 1.98. The van der Waals surface area contributed by atoms with Gasteiger partial charge in [0.1, 0.15) is 12.0 Å². The number of hydrogen-bond donors (Lipinski definition) is 2. The van der Waals surface area contributed by atoms with E-state index in [0.29, 0.717) is 0 Å². The zero-order chi connectivity index (χ0) is 11.5. The second kappa shape index (κ2) is 5.87. The first-order valence-corrected chi connectivity index (χ1v) is 4.94. The molecule has 16 heavy (non-hydrogen) atoms. The van der Waals surface area contributed by atoms with Crippen molar-refractivity contribution >= 4 is 18.7 Å². The number of phenolic OH excluding ortho intramolecular Hbond substituents is 1. The summed E-state index contributed by atoms with van der Waals surface area (Å²) in [7, 11) is 0. The fourth-order valence-electron chi connectivity index (χ4n) is 1.34. The zero-order valence-electron chi connectivity index (χ0n) is 9.73. The second-order valence-corrected chi connectivity index (χ2v) is 4.60. The number of aldehydes is 1. The van der Waals surface area contributed by atoms with E-state index in [1.54, 1.807) is 24.3 Å². The third kappa shape index (κ3) is 4.64. The lowest BCUT2D eigenvalue weighted by atomic mass is 10.0. The number of carbonyl (C=O) groups is 1. The van der Waals surface area contributed by atoms with Gasteiger partial charge in [-0.25, -0.2) is 0 Å². The molecule has 0 saturated heterocycles. The largest absolute Gasteiger partial charge is 0.508 e. The number of nitrogens with one attached hydrogen (secondary N) is 1. The number of hydrogen-bond acceptors (Lipinski definition) is 3. The molecule has 1 aromatic carbocycles. The molecular weight excluding hydrogens is 226 g/mol. The van der Waals surface area contributed by atoms with Crippen molar-refractivity contribution in [3.8, 4) is 5.75 Å². The highest BCUT2D eigenvalue weighted by molar-refractivity contribution is 5.85. The summed E-state index contributed by atoms with van der Waals surface area (Å²) < 4.78 is 0. The average Bonchev–Trinajstić information content (AvgIpc) is 2.14. The van der Waals surface area contributed by atoms with Crippen molar-refractivity contribution in [1.82, 2.24) is 5.32 Å². The van der Waals surface area contributed by atoms with Gasteiger partial charge in [-0.2, -0.15) is 0 Å². The van der Waals surface area contributed by atoms with Gasteiger partial charge in [0.2, 0.25) is 0 Å². The van der Waals surface area contributed by atoms with Crippen LogP contribution in [0.1, 0.15) is 32.4 Å². The van der Waals surface area contributed by atoms with Crippen molar-refractivity contribution in [2.75, 3.05) is 0 Å². The molecule has 0 amide bonds. The van der Waals surface area contributed by atoms with Crippen molar-refractivity contribution in [2.45, 2.75) is 32.4 Å². The Balaban J connectivity index is 0.00000225. The molecule has 1 rings (SSSR count). The quantitative estimate of drug-likeness (QED) is 0.802. The molecular formula is C12H18ClNO2. The van der Waals surface area contributed by atoms with E-state index >= 15 is 0 Å². The Kier molecular flexibility index (Phi) is 5.48. The van der Waals surface area contributed by atoms with Crippen molar-refractivity contribution < 1.29 is 9.90 Å². The van der Waals surface area contributed by atoms with Gasteiger partial charge in [0.05, 0.1) is 6.04 Å². The van der Waals surface area contributed by atoms with Crippen LogP contribution in [0.15, 0.2) is 24.3 Å². The molecule has 1 atom stereocenters. The molecule has 2 N–H and O–H groups in total. The monoisotopic (exact) mass is 243 g/mol. The lowest BCUT2D eigenvalue weighted by Crippen LogP contribution is -2.39. The molecule has 0 aliphatic carbocycles. The Morgan fingerprint density at radius 1 is 1.25 bits per heavy atom. The van der Waals surface area contributed by atoms with E-state index in [1.165, 1.54) is 0 Å². The molecule has 0 aliphatic heterocycles. The number of halogens is 1. The van der Waals surface area contributed by atoms with Crippen molar-refractivity contribution in [1.29, 1.82) is 0 Å². The SMILES string of the molecule is CC(C)(C)NC(C=O)c1ccc(O)cc1.Cl. The predicted molar refractivity (Wildman–Crippen MR) is 67.0 cm³/mol. The number of carbonyl (C=O) groups excluding carboxylic acids is 1. The van der Waals surface area contributed by atoms with Crippen LogP contribution < -0.4 is 5.32 Å².